The second kappa shape index (κ2) is 8.88. The van der Waals surface area contributed by atoms with Crippen molar-refractivity contribution < 1.29 is 13.9 Å². The minimum Gasteiger partial charge on any atom is -0.497 e. The van der Waals surface area contributed by atoms with Gasteiger partial charge in [-0.1, -0.05) is 11.8 Å². The fourth-order valence-corrected chi connectivity index (χ4v) is 3.42. The summed E-state index contributed by atoms with van der Waals surface area (Å²) < 4.78 is 19.5. The zero-order valence-corrected chi connectivity index (χ0v) is 17.2. The molecule has 2 heterocycles. The second-order valence-corrected chi connectivity index (χ2v) is 7.36. The number of nitrogen functional groups attached to an aromatic ring is 1. The number of nitrogens with zero attached hydrogens (tertiary/aromatic N) is 4. The summed E-state index contributed by atoms with van der Waals surface area (Å²) in [6.07, 6.45) is 0. The predicted molar refractivity (Wildman–Crippen MR) is 115 cm³/mol. The van der Waals surface area contributed by atoms with E-state index in [9.17, 15) is 9.18 Å². The van der Waals surface area contributed by atoms with E-state index in [1.54, 1.807) is 49.6 Å². The molecule has 1 amide bonds. The van der Waals surface area contributed by atoms with Crippen LogP contribution in [0.1, 0.15) is 0 Å². The quantitative estimate of drug-likeness (QED) is 0.299. The molecular formula is C20H18FN7O2S. The number of thioether (sulfide) groups is 1. The molecule has 0 atom stereocenters. The van der Waals surface area contributed by atoms with Crippen molar-refractivity contribution in [1.29, 1.82) is 0 Å². The van der Waals surface area contributed by atoms with Crippen molar-refractivity contribution in [3.05, 3.63) is 60.4 Å². The smallest absolute Gasteiger partial charge is 0.234 e. The summed E-state index contributed by atoms with van der Waals surface area (Å²) in [5.41, 5.74) is 2.57. The van der Waals surface area contributed by atoms with E-state index in [2.05, 4.69) is 25.7 Å². The van der Waals surface area contributed by atoms with Crippen molar-refractivity contribution in [2.24, 2.45) is 0 Å². The molecule has 0 aliphatic rings. The van der Waals surface area contributed by atoms with E-state index >= 15 is 0 Å². The summed E-state index contributed by atoms with van der Waals surface area (Å²) in [5.74, 6) is 6.74. The summed E-state index contributed by atoms with van der Waals surface area (Å²) in [4.78, 5) is 12.2. The monoisotopic (exact) mass is 439 g/mol. The average Bonchev–Trinajstić information content (AvgIpc) is 3.40. The van der Waals surface area contributed by atoms with E-state index in [4.69, 9.17) is 10.6 Å². The van der Waals surface area contributed by atoms with E-state index in [-0.39, 0.29) is 17.5 Å². The first-order valence-corrected chi connectivity index (χ1v) is 10.1. The summed E-state index contributed by atoms with van der Waals surface area (Å²) in [7, 11) is 1.58. The number of ether oxygens (including phenoxy) is 1. The van der Waals surface area contributed by atoms with Gasteiger partial charge in [0.05, 0.1) is 18.6 Å². The molecule has 158 valence electrons. The molecule has 4 N–H and O–H groups in total. The molecule has 0 radical (unpaired) electrons. The molecule has 0 spiro atoms. The highest BCUT2D eigenvalue weighted by Gasteiger charge is 2.16. The van der Waals surface area contributed by atoms with Crippen LogP contribution in [0.5, 0.6) is 5.75 Å². The van der Waals surface area contributed by atoms with Crippen molar-refractivity contribution in [3.8, 4) is 28.5 Å². The van der Waals surface area contributed by atoms with Gasteiger partial charge in [0.15, 0.2) is 0 Å². The van der Waals surface area contributed by atoms with Crippen LogP contribution in [0.25, 0.3) is 22.8 Å². The number of nitrogens with one attached hydrogen (secondary N) is 2. The predicted octanol–water partition coefficient (Wildman–Crippen LogP) is 2.93. The Morgan fingerprint density at radius 2 is 1.94 bits per heavy atom. The van der Waals surface area contributed by atoms with Crippen LogP contribution in [0.15, 0.2) is 59.8 Å². The van der Waals surface area contributed by atoms with E-state index in [1.165, 1.54) is 16.8 Å². The van der Waals surface area contributed by atoms with Crippen LogP contribution in [0.4, 0.5) is 10.1 Å². The number of benzene rings is 2. The Hall–Kier alpha value is -3.86. The first-order chi connectivity index (χ1) is 15.0. The molecule has 0 aliphatic heterocycles. The molecule has 4 aromatic rings. The van der Waals surface area contributed by atoms with Gasteiger partial charge >= 0.3 is 0 Å². The van der Waals surface area contributed by atoms with Gasteiger partial charge in [0, 0.05) is 11.3 Å². The maximum atomic E-state index is 13.1. The Balaban J connectivity index is 1.40. The maximum Gasteiger partial charge on any atom is 0.234 e. The Kier molecular flexibility index (Phi) is 5.85. The minimum absolute atomic E-state index is 0.102. The fraction of sp³-hybridized carbons (Fsp3) is 0.100. The highest BCUT2D eigenvalue weighted by molar-refractivity contribution is 7.99. The lowest BCUT2D eigenvalue weighted by molar-refractivity contribution is -0.113. The van der Waals surface area contributed by atoms with Gasteiger partial charge in [-0.15, -0.1) is 10.2 Å². The molecule has 31 heavy (non-hydrogen) atoms. The molecular weight excluding hydrogens is 421 g/mol. The number of rotatable bonds is 7. The van der Waals surface area contributed by atoms with Gasteiger partial charge in [0.25, 0.3) is 0 Å². The van der Waals surface area contributed by atoms with Crippen molar-refractivity contribution in [2.45, 2.75) is 5.16 Å². The molecule has 0 unspecified atom stereocenters. The van der Waals surface area contributed by atoms with Crippen molar-refractivity contribution >= 4 is 23.4 Å². The standard InChI is InChI=1S/C20H18FN7O2S/c1-30-15-8-6-14(7-9-15)23-18(29)11-31-20-27-26-19(28(20)22)17-10-16(24-25-17)12-2-4-13(21)5-3-12/h2-10H,11,22H2,1H3,(H,23,29)(H,24,25). The third-order valence-corrected chi connectivity index (χ3v) is 5.27. The van der Waals surface area contributed by atoms with E-state index in [0.717, 1.165) is 17.3 Å². The third kappa shape index (κ3) is 4.67. The van der Waals surface area contributed by atoms with Crippen LogP contribution in [0.3, 0.4) is 0 Å². The molecule has 0 aliphatic carbocycles. The maximum absolute atomic E-state index is 13.1. The fourth-order valence-electron chi connectivity index (χ4n) is 2.77. The highest BCUT2D eigenvalue weighted by atomic mass is 32.2. The molecule has 2 aromatic heterocycles. The summed E-state index contributed by atoms with van der Waals surface area (Å²) in [6.45, 7) is 0. The number of hydrogen-bond acceptors (Lipinski definition) is 7. The lowest BCUT2D eigenvalue weighted by Gasteiger charge is -2.06. The first-order valence-electron chi connectivity index (χ1n) is 9.12. The Labute approximate surface area is 180 Å². The molecule has 0 saturated carbocycles. The lowest BCUT2D eigenvalue weighted by Crippen LogP contribution is -2.16. The highest BCUT2D eigenvalue weighted by Crippen LogP contribution is 2.25. The van der Waals surface area contributed by atoms with Crippen molar-refractivity contribution in [3.63, 3.8) is 0 Å². The number of nitrogens with two attached hydrogens (primary N) is 1. The van der Waals surface area contributed by atoms with Crippen LogP contribution in [0.2, 0.25) is 0 Å². The Morgan fingerprint density at radius 1 is 1.19 bits per heavy atom. The van der Waals surface area contributed by atoms with Gasteiger partial charge in [-0.3, -0.25) is 9.89 Å². The zero-order chi connectivity index (χ0) is 21.8. The Morgan fingerprint density at radius 3 is 2.65 bits per heavy atom. The lowest BCUT2D eigenvalue weighted by atomic mass is 10.1. The molecule has 0 bridgehead atoms. The van der Waals surface area contributed by atoms with Gasteiger partial charge in [0.1, 0.15) is 17.3 Å². The largest absolute Gasteiger partial charge is 0.497 e. The van der Waals surface area contributed by atoms with Crippen LogP contribution in [0, 0.1) is 5.82 Å². The number of carbonyl (C=O) groups excluding carboxylic acids is 1. The summed E-state index contributed by atoms with van der Waals surface area (Å²) >= 11 is 1.15. The summed E-state index contributed by atoms with van der Waals surface area (Å²) in [6, 6.07) is 14.7. The van der Waals surface area contributed by atoms with Crippen LogP contribution in [-0.2, 0) is 4.79 Å². The van der Waals surface area contributed by atoms with Gasteiger partial charge in [-0.05, 0) is 54.6 Å². The third-order valence-electron chi connectivity index (χ3n) is 4.33. The van der Waals surface area contributed by atoms with E-state index in [0.29, 0.717) is 33.8 Å². The first kappa shape index (κ1) is 20.4. The molecule has 0 saturated heterocycles. The Bertz CT molecular complexity index is 1190. The number of carbonyl (C=O) groups is 1. The van der Waals surface area contributed by atoms with Gasteiger partial charge in [-0.2, -0.15) is 5.10 Å². The minimum atomic E-state index is -0.320. The number of aromatic amines is 1. The van der Waals surface area contributed by atoms with Gasteiger partial charge in [-0.25, -0.2) is 9.07 Å². The molecule has 0 fully saturated rings. The van der Waals surface area contributed by atoms with Gasteiger partial charge < -0.3 is 15.9 Å². The average molecular weight is 439 g/mol. The number of hydrogen-bond donors (Lipinski definition) is 3. The molecule has 2 aromatic carbocycles. The van der Waals surface area contributed by atoms with E-state index < -0.39 is 0 Å². The SMILES string of the molecule is COc1ccc(NC(=O)CSc2nnc(-c3cc(-c4ccc(F)cc4)n[nH]3)n2N)cc1. The molecule has 11 heteroatoms. The number of aromatic nitrogens is 5. The van der Waals surface area contributed by atoms with Crippen LogP contribution >= 0.6 is 11.8 Å². The van der Waals surface area contributed by atoms with Crippen LogP contribution < -0.4 is 15.9 Å². The number of methoxy groups -OCH3 is 1. The van der Waals surface area contributed by atoms with Crippen LogP contribution in [-0.4, -0.2) is 43.8 Å². The number of amides is 1. The number of anilines is 1. The van der Waals surface area contributed by atoms with E-state index in [1.807, 2.05) is 0 Å². The van der Waals surface area contributed by atoms with Crippen molar-refractivity contribution in [1.82, 2.24) is 25.1 Å². The topological polar surface area (TPSA) is 124 Å². The molecule has 9 nitrogen and oxygen atoms in total. The number of H-pyrrole nitrogens is 1. The second-order valence-electron chi connectivity index (χ2n) is 6.42. The van der Waals surface area contributed by atoms with Crippen molar-refractivity contribution in [2.75, 3.05) is 24.0 Å². The van der Waals surface area contributed by atoms with Gasteiger partial charge in [0.2, 0.25) is 16.9 Å². The normalized spacial score (nSPS) is 10.8. The zero-order valence-electron chi connectivity index (χ0n) is 16.4. The summed E-state index contributed by atoms with van der Waals surface area (Å²) in [5, 5.41) is 18.3. The number of halogens is 1. The molecule has 4 rings (SSSR count).